The van der Waals surface area contributed by atoms with Crippen LogP contribution in [0.3, 0.4) is 0 Å². The molecule has 0 aliphatic heterocycles. The molecule has 0 spiro atoms. The van der Waals surface area contributed by atoms with Crippen LogP contribution in [0.1, 0.15) is 16.7 Å². The van der Waals surface area contributed by atoms with Gasteiger partial charge in [-0.05, 0) is 28.8 Å². The van der Waals surface area contributed by atoms with Crippen LogP contribution in [0.2, 0.25) is 0 Å². The van der Waals surface area contributed by atoms with Gasteiger partial charge in [-0.15, -0.1) is 0 Å². The van der Waals surface area contributed by atoms with Gasteiger partial charge >= 0.3 is 6.18 Å². The largest absolute Gasteiger partial charge is 0.497 e. The lowest BCUT2D eigenvalue weighted by Gasteiger charge is -2.13. The van der Waals surface area contributed by atoms with Crippen molar-refractivity contribution in [2.24, 2.45) is 4.99 Å². The Morgan fingerprint density at radius 1 is 0.964 bits per heavy atom. The molecule has 0 aromatic heterocycles. The maximum absolute atomic E-state index is 12.1. The number of aliphatic imine (C=N–C) groups is 1. The van der Waals surface area contributed by atoms with E-state index in [-0.39, 0.29) is 6.61 Å². The van der Waals surface area contributed by atoms with Crippen LogP contribution in [0.5, 0.6) is 5.75 Å². The smallest absolute Gasteiger partial charge is 0.411 e. The second-order valence-corrected chi connectivity index (χ2v) is 6.06. The van der Waals surface area contributed by atoms with Crippen molar-refractivity contribution in [1.29, 1.82) is 0 Å². The van der Waals surface area contributed by atoms with E-state index in [1.54, 1.807) is 26.3 Å². The number of guanidine groups is 1. The molecule has 2 aromatic carbocycles. The van der Waals surface area contributed by atoms with Crippen LogP contribution in [0.25, 0.3) is 0 Å². The van der Waals surface area contributed by atoms with Crippen molar-refractivity contribution < 1.29 is 22.6 Å². The number of halogens is 3. The Morgan fingerprint density at radius 3 is 2.21 bits per heavy atom. The standard InChI is InChI=1S/C20H24F3N3O2/c1-24-19(26-12-17-4-3-5-18(10-17)27-2)25-11-15-6-8-16(9-7-15)13-28-14-20(21,22)23/h3-10H,11-14H2,1-2H3,(H2,24,25,26). The van der Waals surface area contributed by atoms with Crippen LogP contribution in [-0.2, 0) is 24.4 Å². The number of benzene rings is 2. The summed E-state index contributed by atoms with van der Waals surface area (Å²) in [4.78, 5) is 4.18. The lowest BCUT2D eigenvalue weighted by molar-refractivity contribution is -0.176. The molecule has 5 nitrogen and oxygen atoms in total. The molecule has 0 amide bonds. The number of hydrogen-bond donors (Lipinski definition) is 2. The average Bonchev–Trinajstić information content (AvgIpc) is 2.68. The highest BCUT2D eigenvalue weighted by Crippen LogP contribution is 2.16. The van der Waals surface area contributed by atoms with Crippen molar-refractivity contribution in [1.82, 2.24) is 10.6 Å². The van der Waals surface area contributed by atoms with Gasteiger partial charge < -0.3 is 20.1 Å². The van der Waals surface area contributed by atoms with Gasteiger partial charge in [0.25, 0.3) is 0 Å². The molecule has 8 heteroatoms. The molecule has 0 aliphatic rings. The summed E-state index contributed by atoms with van der Waals surface area (Å²) in [6.07, 6.45) is -4.31. The molecule has 0 radical (unpaired) electrons. The molecule has 28 heavy (non-hydrogen) atoms. The summed E-state index contributed by atoms with van der Waals surface area (Å²) in [6, 6.07) is 14.9. The normalized spacial score (nSPS) is 12.0. The molecule has 0 fully saturated rings. The van der Waals surface area contributed by atoms with E-state index in [4.69, 9.17) is 4.74 Å². The van der Waals surface area contributed by atoms with Crippen LogP contribution < -0.4 is 15.4 Å². The predicted octanol–water partition coefficient (Wildman–Crippen LogP) is 3.64. The van der Waals surface area contributed by atoms with Crippen LogP contribution in [0.15, 0.2) is 53.5 Å². The fourth-order valence-electron chi connectivity index (χ4n) is 2.41. The minimum atomic E-state index is -4.31. The van der Waals surface area contributed by atoms with E-state index in [1.165, 1.54) is 0 Å². The van der Waals surface area contributed by atoms with Crippen molar-refractivity contribution in [3.63, 3.8) is 0 Å². The van der Waals surface area contributed by atoms with Crippen molar-refractivity contribution >= 4 is 5.96 Å². The molecule has 0 aliphatic carbocycles. The molecule has 2 aromatic rings. The molecule has 2 N–H and O–H groups in total. The van der Waals surface area contributed by atoms with E-state index in [0.29, 0.717) is 24.6 Å². The Morgan fingerprint density at radius 2 is 1.61 bits per heavy atom. The number of alkyl halides is 3. The summed E-state index contributed by atoms with van der Waals surface area (Å²) in [5.74, 6) is 1.43. The Labute approximate surface area is 162 Å². The first-order valence-corrected chi connectivity index (χ1v) is 8.69. The van der Waals surface area contributed by atoms with Gasteiger partial charge in [0.15, 0.2) is 5.96 Å². The van der Waals surface area contributed by atoms with Crippen molar-refractivity contribution in [3.8, 4) is 5.75 Å². The third-order valence-corrected chi connectivity index (χ3v) is 3.84. The van der Waals surface area contributed by atoms with Gasteiger partial charge in [0.05, 0.1) is 13.7 Å². The monoisotopic (exact) mass is 395 g/mol. The first-order chi connectivity index (χ1) is 13.4. The maximum atomic E-state index is 12.1. The number of nitrogens with zero attached hydrogens (tertiary/aromatic N) is 1. The van der Waals surface area contributed by atoms with E-state index in [1.807, 2.05) is 36.4 Å². The van der Waals surface area contributed by atoms with Gasteiger partial charge in [0.2, 0.25) is 0 Å². The molecule has 152 valence electrons. The first-order valence-electron chi connectivity index (χ1n) is 8.69. The van der Waals surface area contributed by atoms with Crippen LogP contribution in [0, 0.1) is 0 Å². The maximum Gasteiger partial charge on any atom is 0.411 e. The van der Waals surface area contributed by atoms with Crippen molar-refractivity contribution in [3.05, 3.63) is 65.2 Å². The highest BCUT2D eigenvalue weighted by Gasteiger charge is 2.27. The summed E-state index contributed by atoms with van der Waals surface area (Å²) in [7, 11) is 3.31. The fraction of sp³-hybridized carbons (Fsp3) is 0.350. The predicted molar refractivity (Wildman–Crippen MR) is 102 cm³/mol. The topological polar surface area (TPSA) is 54.9 Å². The Bertz CT molecular complexity index is 762. The second kappa shape index (κ2) is 10.6. The van der Waals surface area contributed by atoms with Gasteiger partial charge in [-0.1, -0.05) is 36.4 Å². The highest BCUT2D eigenvalue weighted by atomic mass is 19.4. The molecule has 0 unspecified atom stereocenters. The van der Waals surface area contributed by atoms with Gasteiger partial charge in [-0.2, -0.15) is 13.2 Å². The molecule has 0 heterocycles. The Hall–Kier alpha value is -2.74. The minimum absolute atomic E-state index is 0.0724. The van der Waals surface area contributed by atoms with E-state index >= 15 is 0 Å². The number of hydrogen-bond acceptors (Lipinski definition) is 3. The Kier molecular flexibility index (Phi) is 8.13. The second-order valence-electron chi connectivity index (χ2n) is 6.06. The number of nitrogens with one attached hydrogen (secondary N) is 2. The molecular weight excluding hydrogens is 371 g/mol. The van der Waals surface area contributed by atoms with Crippen molar-refractivity contribution in [2.45, 2.75) is 25.9 Å². The summed E-state index contributed by atoms with van der Waals surface area (Å²) in [5, 5.41) is 6.41. The third-order valence-electron chi connectivity index (χ3n) is 3.84. The summed E-state index contributed by atoms with van der Waals surface area (Å²) in [6.45, 7) is -0.198. The van der Waals surface area contributed by atoms with Gasteiger partial charge in [0, 0.05) is 20.1 Å². The van der Waals surface area contributed by atoms with Crippen LogP contribution in [-0.4, -0.2) is 32.9 Å². The van der Waals surface area contributed by atoms with Crippen LogP contribution >= 0.6 is 0 Å². The highest BCUT2D eigenvalue weighted by molar-refractivity contribution is 5.79. The van der Waals surface area contributed by atoms with Crippen LogP contribution in [0.4, 0.5) is 13.2 Å². The number of rotatable bonds is 8. The molecule has 0 bridgehead atoms. The van der Waals surface area contributed by atoms with E-state index in [0.717, 1.165) is 16.9 Å². The third kappa shape index (κ3) is 7.87. The molecule has 0 saturated carbocycles. The van der Waals surface area contributed by atoms with Crippen molar-refractivity contribution in [2.75, 3.05) is 20.8 Å². The van der Waals surface area contributed by atoms with E-state index < -0.39 is 12.8 Å². The zero-order valence-electron chi connectivity index (χ0n) is 15.8. The van der Waals surface area contributed by atoms with Gasteiger partial charge in [-0.3, -0.25) is 4.99 Å². The quantitative estimate of drug-likeness (QED) is 0.529. The van der Waals surface area contributed by atoms with Gasteiger partial charge in [0.1, 0.15) is 12.4 Å². The first kappa shape index (κ1) is 21.6. The van der Waals surface area contributed by atoms with E-state index in [9.17, 15) is 13.2 Å². The van der Waals surface area contributed by atoms with E-state index in [2.05, 4.69) is 20.4 Å². The molecule has 0 saturated heterocycles. The lowest BCUT2D eigenvalue weighted by atomic mass is 10.1. The average molecular weight is 395 g/mol. The van der Waals surface area contributed by atoms with Gasteiger partial charge in [-0.25, -0.2) is 0 Å². The number of methoxy groups -OCH3 is 1. The SMILES string of the molecule is CN=C(NCc1ccc(COCC(F)(F)F)cc1)NCc1cccc(OC)c1. The Balaban J connectivity index is 1.78. The summed E-state index contributed by atoms with van der Waals surface area (Å²) < 4.78 is 46.1. The fourth-order valence-corrected chi connectivity index (χ4v) is 2.41. The summed E-state index contributed by atoms with van der Waals surface area (Å²) in [5.41, 5.74) is 2.72. The summed E-state index contributed by atoms with van der Waals surface area (Å²) >= 11 is 0. The molecule has 0 atom stereocenters. The molecular formula is C20H24F3N3O2. The number of ether oxygens (including phenoxy) is 2. The zero-order valence-corrected chi connectivity index (χ0v) is 15.8. The zero-order chi connectivity index (χ0) is 20.4. The minimum Gasteiger partial charge on any atom is -0.497 e. The molecule has 2 rings (SSSR count). The lowest BCUT2D eigenvalue weighted by Crippen LogP contribution is -2.36.